The number of aliphatic hydroxyl groups is 5. The fourth-order valence-electron chi connectivity index (χ4n) is 8.93. The number of nitrogens with zero attached hydrogens (tertiary/aromatic N) is 2. The van der Waals surface area contributed by atoms with E-state index in [1.54, 1.807) is 55.6 Å². The molecule has 0 aromatic heterocycles. The minimum Gasteiger partial charge on any atom is -0.459 e. The molecule has 0 aliphatic carbocycles. The molecule has 0 amide bonds. The second-order valence-corrected chi connectivity index (χ2v) is 17.7. The maximum atomic E-state index is 14.3. The second-order valence-electron chi connectivity index (χ2n) is 17.7. The van der Waals surface area contributed by atoms with Gasteiger partial charge in [-0.1, -0.05) is 32.9 Å². The predicted molar refractivity (Wildman–Crippen MR) is 212 cm³/mol. The van der Waals surface area contributed by atoms with Gasteiger partial charge in [-0.25, -0.2) is 0 Å². The van der Waals surface area contributed by atoms with Crippen LogP contribution in [0.3, 0.4) is 0 Å². The van der Waals surface area contributed by atoms with E-state index in [0.717, 1.165) is 0 Å². The van der Waals surface area contributed by atoms with Crippen molar-refractivity contribution in [2.24, 2.45) is 28.8 Å². The molecule has 0 aromatic rings. The number of hydrogen-bond donors (Lipinski definition) is 5. The zero-order chi connectivity index (χ0) is 43.9. The molecule has 3 saturated heterocycles. The first-order valence-corrected chi connectivity index (χ1v) is 20.8. The maximum Gasteiger partial charge on any atom is 0.311 e. The fraction of sp³-hybridized carbons (Fsp3) is 0.951. The molecule has 0 saturated carbocycles. The Labute approximate surface area is 345 Å². The van der Waals surface area contributed by atoms with Crippen molar-refractivity contribution in [3.05, 3.63) is 0 Å². The van der Waals surface area contributed by atoms with Crippen LogP contribution in [0.4, 0.5) is 0 Å². The van der Waals surface area contributed by atoms with Gasteiger partial charge in [0.2, 0.25) is 6.79 Å². The molecule has 3 heterocycles. The number of cyclic esters (lactones) is 1. The summed E-state index contributed by atoms with van der Waals surface area (Å²) in [6.45, 7) is 17.3. The van der Waals surface area contributed by atoms with Crippen molar-refractivity contribution < 1.29 is 73.1 Å². The summed E-state index contributed by atoms with van der Waals surface area (Å²) in [4.78, 5) is 21.8. The van der Waals surface area contributed by atoms with Gasteiger partial charge in [-0.05, 0) is 74.9 Å². The Kier molecular flexibility index (Phi) is 18.8. The lowest BCUT2D eigenvalue weighted by molar-refractivity contribution is -0.317. The van der Waals surface area contributed by atoms with Crippen LogP contribution in [-0.4, -0.2) is 175 Å². The molecule has 5 N–H and O–H groups in total. The number of aliphatic hydroxyl groups excluding tert-OH is 3. The van der Waals surface area contributed by atoms with Crippen LogP contribution < -0.4 is 0 Å². The highest BCUT2D eigenvalue weighted by atomic mass is 16.7. The van der Waals surface area contributed by atoms with Crippen LogP contribution in [0.15, 0.2) is 5.16 Å². The first kappa shape index (κ1) is 50.8. The lowest BCUT2D eigenvalue weighted by atomic mass is 9.73. The summed E-state index contributed by atoms with van der Waals surface area (Å²) < 4.78 is 48.1. The van der Waals surface area contributed by atoms with Gasteiger partial charge in [0, 0.05) is 44.4 Å². The highest BCUT2D eigenvalue weighted by Crippen LogP contribution is 2.41. The lowest BCUT2D eigenvalue weighted by Crippen LogP contribution is -2.61. The zero-order valence-corrected chi connectivity index (χ0v) is 37.3. The molecule has 9 unspecified atom stereocenters. The van der Waals surface area contributed by atoms with Crippen LogP contribution in [0.5, 0.6) is 0 Å². The number of carbonyl (C=O) groups excluding carboxylic acids is 1. The summed E-state index contributed by atoms with van der Waals surface area (Å²) in [5.41, 5.74) is -4.49. The molecule has 17 heteroatoms. The Balaban J connectivity index is 2.22. The van der Waals surface area contributed by atoms with Gasteiger partial charge < -0.3 is 73.2 Å². The lowest BCUT2D eigenvalue weighted by Gasteiger charge is -2.49. The second kappa shape index (κ2) is 21.5. The first-order chi connectivity index (χ1) is 27.0. The van der Waals surface area contributed by atoms with E-state index in [4.69, 9.17) is 42.7 Å². The third-order valence-corrected chi connectivity index (χ3v) is 12.6. The molecule has 340 valence electrons. The van der Waals surface area contributed by atoms with E-state index in [1.807, 2.05) is 32.8 Å². The summed E-state index contributed by atoms with van der Waals surface area (Å²) in [6, 6.07) is -0.328. The topological polar surface area (TPSA) is 217 Å². The highest BCUT2D eigenvalue weighted by Gasteiger charge is 2.53. The molecular weight excluding hydrogens is 760 g/mol. The van der Waals surface area contributed by atoms with Gasteiger partial charge in [-0.3, -0.25) is 4.79 Å². The number of carbonyl (C=O) groups is 1. The van der Waals surface area contributed by atoms with Crippen LogP contribution >= 0.6 is 0 Å². The smallest absolute Gasteiger partial charge is 0.311 e. The Morgan fingerprint density at radius 3 is 2.14 bits per heavy atom. The number of methoxy groups -OCH3 is 2. The van der Waals surface area contributed by atoms with Crippen molar-refractivity contribution in [2.75, 3.05) is 48.3 Å². The van der Waals surface area contributed by atoms with E-state index in [2.05, 4.69) is 5.16 Å². The molecule has 0 spiro atoms. The Bertz CT molecular complexity index is 1300. The Morgan fingerprint density at radius 1 is 0.897 bits per heavy atom. The predicted octanol–water partition coefficient (Wildman–Crippen LogP) is 2.21. The van der Waals surface area contributed by atoms with Crippen molar-refractivity contribution in [3.63, 3.8) is 0 Å². The number of esters is 1. The molecule has 17 nitrogen and oxygen atoms in total. The third-order valence-electron chi connectivity index (χ3n) is 12.6. The van der Waals surface area contributed by atoms with Gasteiger partial charge in [0.1, 0.15) is 23.9 Å². The number of hydrogen-bond acceptors (Lipinski definition) is 17. The van der Waals surface area contributed by atoms with E-state index in [1.165, 1.54) is 14.0 Å². The van der Waals surface area contributed by atoms with E-state index < -0.39 is 102 Å². The van der Waals surface area contributed by atoms with Gasteiger partial charge in [0.25, 0.3) is 0 Å². The fourth-order valence-corrected chi connectivity index (χ4v) is 8.93. The highest BCUT2D eigenvalue weighted by molar-refractivity contribution is 5.88. The molecular formula is C41H76N2O15. The minimum atomic E-state index is -1.97. The summed E-state index contributed by atoms with van der Waals surface area (Å²) in [6.07, 6.45) is -9.49. The van der Waals surface area contributed by atoms with Crippen LogP contribution in [-0.2, 0) is 47.5 Å². The van der Waals surface area contributed by atoms with E-state index in [-0.39, 0.29) is 44.8 Å². The van der Waals surface area contributed by atoms with Gasteiger partial charge in [0.15, 0.2) is 12.6 Å². The average Bonchev–Trinajstić information content (AvgIpc) is 3.15. The molecule has 3 aliphatic rings. The quantitative estimate of drug-likeness (QED) is 0.0778. The van der Waals surface area contributed by atoms with Crippen LogP contribution in [0.1, 0.15) is 94.9 Å². The SMILES string of the molecule is CC[C@H]1OC(=O)[C@H](C)[C@@H](OC2CC(C)(OC)C(O)C(C)O2)[C@H](C)[C@@H](OC2OC(C)CC(N(C)C)C2O)[C@](C)(O)C[C@@H](C)/C(=N\OCOCCOC)C(C)[C@@H](O)[C@]1(C)O. The van der Waals surface area contributed by atoms with Gasteiger partial charge in [0.05, 0.1) is 66.6 Å². The van der Waals surface area contributed by atoms with Crippen molar-refractivity contribution >= 4 is 11.7 Å². The molecule has 18 atom stereocenters. The zero-order valence-electron chi connectivity index (χ0n) is 37.3. The normalized spacial score (nSPS) is 45.8. The van der Waals surface area contributed by atoms with Crippen molar-refractivity contribution in [1.29, 1.82) is 0 Å². The summed E-state index contributed by atoms with van der Waals surface area (Å²) in [5, 5.41) is 63.6. The average molecular weight is 837 g/mol. The van der Waals surface area contributed by atoms with E-state index >= 15 is 0 Å². The number of ether oxygens (including phenoxy) is 8. The number of oxime groups is 1. The monoisotopic (exact) mass is 837 g/mol. The van der Waals surface area contributed by atoms with Crippen LogP contribution in [0, 0.1) is 23.7 Å². The Morgan fingerprint density at radius 2 is 1.55 bits per heavy atom. The molecule has 0 bridgehead atoms. The summed E-state index contributed by atoms with van der Waals surface area (Å²) in [7, 11) is 6.76. The first-order valence-electron chi connectivity index (χ1n) is 20.8. The van der Waals surface area contributed by atoms with Gasteiger partial charge in [-0.15, -0.1) is 0 Å². The third kappa shape index (κ3) is 12.1. The van der Waals surface area contributed by atoms with Crippen LogP contribution in [0.2, 0.25) is 0 Å². The maximum absolute atomic E-state index is 14.3. The van der Waals surface area contributed by atoms with Gasteiger partial charge >= 0.3 is 5.97 Å². The molecule has 3 aliphatic heterocycles. The molecule has 0 radical (unpaired) electrons. The summed E-state index contributed by atoms with van der Waals surface area (Å²) in [5.74, 6) is -4.14. The van der Waals surface area contributed by atoms with E-state index in [0.29, 0.717) is 18.7 Å². The summed E-state index contributed by atoms with van der Waals surface area (Å²) >= 11 is 0. The van der Waals surface area contributed by atoms with Crippen LogP contribution in [0.25, 0.3) is 0 Å². The number of rotatable bonds is 13. The molecule has 58 heavy (non-hydrogen) atoms. The molecule has 0 aromatic carbocycles. The molecule has 3 fully saturated rings. The van der Waals surface area contributed by atoms with E-state index in [9.17, 15) is 30.3 Å². The Hall–Kier alpha value is -1.58. The molecule has 3 rings (SSSR count). The number of likely N-dealkylation sites (N-methyl/N-ethyl adjacent to an activating group) is 1. The van der Waals surface area contributed by atoms with Crippen molar-refractivity contribution in [2.45, 2.75) is 179 Å². The van der Waals surface area contributed by atoms with Crippen molar-refractivity contribution in [3.8, 4) is 0 Å². The van der Waals surface area contributed by atoms with Gasteiger partial charge in [-0.2, -0.15) is 0 Å². The minimum absolute atomic E-state index is 0.0307. The van der Waals surface area contributed by atoms with Crippen molar-refractivity contribution in [1.82, 2.24) is 4.90 Å². The largest absolute Gasteiger partial charge is 0.459 e. The standard InChI is InChI=1S/C41H76N2O15/c1-15-29-41(10,49)34(45)24(4)31(42-53-21-52-17-16-50-13)22(2)19-39(8,48)36(58-38-32(44)28(43(11)12)18-23(3)54-38)25(5)33(26(6)37(47)56-29)57-30-20-40(9,51-14)35(46)27(7)55-30/h22-30,32-36,38,44-46,48-49H,15-21H2,1-14H3/b42-31+/t22-,23?,24?,25+,26-,27?,28?,29-,30?,32?,33+,34-,35?,36-,38?,39-,40?,41-/m1/s1.